The number of nitrogens with one attached hydrogen (secondary N) is 1. The first-order valence-electron chi connectivity index (χ1n) is 8.64. The van der Waals surface area contributed by atoms with Crippen LogP contribution in [0.15, 0.2) is 12.7 Å². The largest absolute Gasteiger partial charge is 0.314 e. The molecule has 2 fully saturated rings. The van der Waals surface area contributed by atoms with Gasteiger partial charge in [0, 0.05) is 6.04 Å². The molecule has 1 nitrogen and oxygen atoms in total. The monoisotopic (exact) mass is 263 g/mol. The van der Waals surface area contributed by atoms with Crippen LogP contribution in [0, 0.1) is 17.8 Å². The minimum absolute atomic E-state index is 0.882. The summed E-state index contributed by atoms with van der Waals surface area (Å²) in [6, 6.07) is 0.882. The Morgan fingerprint density at radius 1 is 1.05 bits per heavy atom. The summed E-state index contributed by atoms with van der Waals surface area (Å²) in [6.45, 7) is 7.56. The lowest BCUT2D eigenvalue weighted by atomic mass is 9.72. The van der Waals surface area contributed by atoms with Crippen LogP contribution in [0.5, 0.6) is 0 Å². The maximum atomic E-state index is 3.81. The van der Waals surface area contributed by atoms with Crippen molar-refractivity contribution >= 4 is 0 Å². The van der Waals surface area contributed by atoms with E-state index in [4.69, 9.17) is 0 Å². The second kappa shape index (κ2) is 8.09. The van der Waals surface area contributed by atoms with Gasteiger partial charge in [-0.25, -0.2) is 0 Å². The van der Waals surface area contributed by atoms with Crippen LogP contribution < -0.4 is 5.32 Å². The van der Waals surface area contributed by atoms with Gasteiger partial charge in [-0.15, -0.1) is 6.58 Å². The van der Waals surface area contributed by atoms with Gasteiger partial charge in [-0.3, -0.25) is 0 Å². The molecule has 0 bridgehead atoms. The molecule has 0 saturated heterocycles. The second-order valence-corrected chi connectivity index (χ2v) is 7.05. The highest BCUT2D eigenvalue weighted by Crippen LogP contribution is 2.37. The Kier molecular flexibility index (Phi) is 6.43. The maximum absolute atomic E-state index is 3.81. The second-order valence-electron chi connectivity index (χ2n) is 7.05. The molecule has 2 saturated carbocycles. The van der Waals surface area contributed by atoms with Crippen LogP contribution in [0.4, 0.5) is 0 Å². The van der Waals surface area contributed by atoms with Crippen molar-refractivity contribution < 1.29 is 0 Å². The molecule has 0 aromatic rings. The Labute approximate surface area is 120 Å². The van der Waals surface area contributed by atoms with E-state index in [1.54, 1.807) is 0 Å². The van der Waals surface area contributed by atoms with Crippen molar-refractivity contribution in [3.63, 3.8) is 0 Å². The van der Waals surface area contributed by atoms with E-state index in [0.717, 1.165) is 23.8 Å². The van der Waals surface area contributed by atoms with Gasteiger partial charge in [-0.2, -0.15) is 0 Å². The number of allylic oxidation sites excluding steroid dienone is 1. The van der Waals surface area contributed by atoms with Crippen molar-refractivity contribution in [3.05, 3.63) is 12.7 Å². The highest BCUT2D eigenvalue weighted by Gasteiger charge is 2.29. The summed E-state index contributed by atoms with van der Waals surface area (Å²) in [5.41, 5.74) is 0. The zero-order valence-electron chi connectivity index (χ0n) is 12.9. The van der Waals surface area contributed by atoms with Crippen LogP contribution in [0.1, 0.15) is 71.1 Å². The SMILES string of the molecule is C=CCCCCCC1CC(C)CCC1CNC1CC1. The van der Waals surface area contributed by atoms with Crippen molar-refractivity contribution in [2.75, 3.05) is 6.54 Å². The molecule has 0 amide bonds. The Bertz CT molecular complexity index is 256. The van der Waals surface area contributed by atoms with Gasteiger partial charge in [0.15, 0.2) is 0 Å². The molecule has 0 spiro atoms. The van der Waals surface area contributed by atoms with Gasteiger partial charge in [0.05, 0.1) is 0 Å². The van der Waals surface area contributed by atoms with Crippen LogP contribution in [-0.2, 0) is 0 Å². The number of hydrogen-bond donors (Lipinski definition) is 1. The van der Waals surface area contributed by atoms with Crippen LogP contribution >= 0.6 is 0 Å². The molecule has 19 heavy (non-hydrogen) atoms. The fraction of sp³-hybridized carbons (Fsp3) is 0.889. The lowest BCUT2D eigenvalue weighted by Crippen LogP contribution is -2.33. The molecular weight excluding hydrogens is 230 g/mol. The van der Waals surface area contributed by atoms with E-state index >= 15 is 0 Å². The topological polar surface area (TPSA) is 12.0 Å². The quantitative estimate of drug-likeness (QED) is 0.459. The zero-order chi connectivity index (χ0) is 13.5. The molecule has 2 aliphatic carbocycles. The molecule has 0 aromatic carbocycles. The summed E-state index contributed by atoms with van der Waals surface area (Å²) in [7, 11) is 0. The molecule has 1 N–H and O–H groups in total. The summed E-state index contributed by atoms with van der Waals surface area (Å²) in [5, 5.41) is 3.77. The number of rotatable bonds is 9. The Morgan fingerprint density at radius 3 is 2.63 bits per heavy atom. The fourth-order valence-corrected chi connectivity index (χ4v) is 3.66. The summed E-state index contributed by atoms with van der Waals surface area (Å²) in [6.07, 6.45) is 16.2. The highest BCUT2D eigenvalue weighted by atomic mass is 14.9. The molecule has 0 radical (unpaired) electrons. The maximum Gasteiger partial charge on any atom is 0.00683 e. The smallest absolute Gasteiger partial charge is 0.00683 e. The van der Waals surface area contributed by atoms with Crippen molar-refractivity contribution in [2.45, 2.75) is 77.2 Å². The van der Waals surface area contributed by atoms with Gasteiger partial charge in [-0.05, 0) is 62.8 Å². The standard InChI is InChI=1S/C18H33N/c1-3-4-5-6-7-8-16-13-15(2)9-10-17(16)14-19-18-11-12-18/h3,15-19H,1,4-14H2,2H3. The van der Waals surface area contributed by atoms with Crippen LogP contribution in [-0.4, -0.2) is 12.6 Å². The Morgan fingerprint density at radius 2 is 1.89 bits per heavy atom. The molecule has 3 unspecified atom stereocenters. The molecule has 0 heterocycles. The van der Waals surface area contributed by atoms with Gasteiger partial charge in [0.2, 0.25) is 0 Å². The van der Waals surface area contributed by atoms with E-state index in [2.05, 4.69) is 24.9 Å². The van der Waals surface area contributed by atoms with Gasteiger partial charge in [0.25, 0.3) is 0 Å². The predicted octanol–water partition coefficient (Wildman–Crippen LogP) is 4.93. The highest BCUT2D eigenvalue weighted by molar-refractivity contribution is 4.85. The van der Waals surface area contributed by atoms with E-state index in [-0.39, 0.29) is 0 Å². The van der Waals surface area contributed by atoms with Crippen LogP contribution in [0.3, 0.4) is 0 Å². The molecule has 2 aliphatic rings. The summed E-state index contributed by atoms with van der Waals surface area (Å²) < 4.78 is 0. The summed E-state index contributed by atoms with van der Waals surface area (Å²) >= 11 is 0. The first-order valence-corrected chi connectivity index (χ1v) is 8.64. The average molecular weight is 263 g/mol. The van der Waals surface area contributed by atoms with Gasteiger partial charge >= 0.3 is 0 Å². The predicted molar refractivity (Wildman–Crippen MR) is 84.3 cm³/mol. The van der Waals surface area contributed by atoms with Gasteiger partial charge in [-0.1, -0.05) is 38.7 Å². The number of hydrogen-bond acceptors (Lipinski definition) is 1. The summed E-state index contributed by atoms with van der Waals surface area (Å²) in [4.78, 5) is 0. The van der Waals surface area contributed by atoms with E-state index in [1.807, 2.05) is 0 Å². The first-order chi connectivity index (χ1) is 9.29. The van der Waals surface area contributed by atoms with E-state index in [0.29, 0.717) is 0 Å². The van der Waals surface area contributed by atoms with E-state index < -0.39 is 0 Å². The zero-order valence-corrected chi connectivity index (χ0v) is 12.9. The van der Waals surface area contributed by atoms with Crippen molar-refractivity contribution in [2.24, 2.45) is 17.8 Å². The van der Waals surface area contributed by atoms with Crippen LogP contribution in [0.25, 0.3) is 0 Å². The third kappa shape index (κ3) is 5.69. The van der Waals surface area contributed by atoms with Crippen molar-refractivity contribution in [1.29, 1.82) is 0 Å². The van der Waals surface area contributed by atoms with Gasteiger partial charge in [0.1, 0.15) is 0 Å². The van der Waals surface area contributed by atoms with E-state index in [9.17, 15) is 0 Å². The molecular formula is C18H33N. The molecule has 0 aromatic heterocycles. The molecule has 0 aliphatic heterocycles. The first kappa shape index (κ1) is 15.1. The molecule has 2 rings (SSSR count). The van der Waals surface area contributed by atoms with Crippen molar-refractivity contribution in [1.82, 2.24) is 5.32 Å². The third-order valence-electron chi connectivity index (χ3n) is 5.13. The van der Waals surface area contributed by atoms with Crippen molar-refractivity contribution in [3.8, 4) is 0 Å². The van der Waals surface area contributed by atoms with E-state index in [1.165, 1.54) is 70.8 Å². The lowest BCUT2D eigenvalue weighted by molar-refractivity contribution is 0.171. The molecule has 110 valence electrons. The van der Waals surface area contributed by atoms with Crippen LogP contribution in [0.2, 0.25) is 0 Å². The lowest BCUT2D eigenvalue weighted by Gasteiger charge is -2.35. The normalized spacial score (nSPS) is 31.3. The third-order valence-corrected chi connectivity index (χ3v) is 5.13. The molecule has 1 heteroatoms. The Balaban J connectivity index is 1.66. The summed E-state index contributed by atoms with van der Waals surface area (Å²) in [5.74, 6) is 2.94. The van der Waals surface area contributed by atoms with Gasteiger partial charge < -0.3 is 5.32 Å². The average Bonchev–Trinajstić information content (AvgIpc) is 3.21. The molecule has 3 atom stereocenters. The number of unbranched alkanes of at least 4 members (excludes halogenated alkanes) is 3. The minimum atomic E-state index is 0.882. The minimum Gasteiger partial charge on any atom is -0.314 e. The fourth-order valence-electron chi connectivity index (χ4n) is 3.66. The Hall–Kier alpha value is -0.300.